The van der Waals surface area contributed by atoms with Gasteiger partial charge in [0.2, 0.25) is 17.7 Å². The van der Waals surface area contributed by atoms with E-state index in [1.54, 1.807) is 22.0 Å². The van der Waals surface area contributed by atoms with Crippen molar-refractivity contribution in [2.24, 2.45) is 17.8 Å². The molecule has 4 aliphatic rings. The van der Waals surface area contributed by atoms with E-state index in [-0.39, 0.29) is 36.3 Å². The third-order valence-electron chi connectivity index (χ3n) is 9.84. The zero-order valence-corrected chi connectivity index (χ0v) is 24.5. The van der Waals surface area contributed by atoms with E-state index in [1.165, 1.54) is 0 Å². The lowest BCUT2D eigenvalue weighted by atomic mass is 9.70. The normalized spacial score (nSPS) is 29.9. The SMILES string of the molecule is C=CCN(C(=O)[C@@H]1[C@H]2C(=O)N([C@@H](CO)C(C)C)C(C(=O)N(CC=C)C3CCCCC3)C23CC[C@H]1O3)c1ccccc1. The molecule has 1 aromatic carbocycles. The molecule has 2 unspecified atom stereocenters. The van der Waals surface area contributed by atoms with Crippen LogP contribution >= 0.6 is 0 Å². The average Bonchev–Trinajstić information content (AvgIpc) is 3.63. The summed E-state index contributed by atoms with van der Waals surface area (Å²) in [6.07, 6.45) is 9.24. The molecule has 2 bridgehead atoms. The minimum Gasteiger partial charge on any atom is -0.394 e. The third-order valence-corrected chi connectivity index (χ3v) is 9.84. The molecule has 8 heteroatoms. The fourth-order valence-corrected chi connectivity index (χ4v) is 7.98. The largest absolute Gasteiger partial charge is 0.394 e. The quantitative estimate of drug-likeness (QED) is 0.412. The Morgan fingerprint density at radius 3 is 2.37 bits per heavy atom. The maximum atomic E-state index is 14.7. The minimum absolute atomic E-state index is 0.0745. The molecule has 3 amide bonds. The van der Waals surface area contributed by atoms with Crippen molar-refractivity contribution in [2.75, 3.05) is 24.6 Å². The van der Waals surface area contributed by atoms with Gasteiger partial charge in [-0.15, -0.1) is 13.2 Å². The highest BCUT2D eigenvalue weighted by atomic mass is 16.5. The van der Waals surface area contributed by atoms with Gasteiger partial charge >= 0.3 is 0 Å². The molecule has 41 heavy (non-hydrogen) atoms. The summed E-state index contributed by atoms with van der Waals surface area (Å²) in [4.78, 5) is 48.7. The summed E-state index contributed by atoms with van der Waals surface area (Å²) in [5.74, 6) is -2.19. The molecule has 6 atom stereocenters. The summed E-state index contributed by atoms with van der Waals surface area (Å²) < 4.78 is 6.72. The number of carbonyl (C=O) groups is 3. The van der Waals surface area contributed by atoms with Gasteiger partial charge in [0.05, 0.1) is 30.6 Å². The highest BCUT2D eigenvalue weighted by Gasteiger charge is 2.75. The number of fused-ring (bicyclic) bond motifs is 1. The number of nitrogens with zero attached hydrogens (tertiary/aromatic N) is 3. The summed E-state index contributed by atoms with van der Waals surface area (Å²) >= 11 is 0. The topological polar surface area (TPSA) is 90.4 Å². The fraction of sp³-hybridized carbons (Fsp3) is 0.606. The number of rotatable bonds is 11. The molecule has 0 radical (unpaired) electrons. The number of benzene rings is 1. The zero-order chi connectivity index (χ0) is 29.3. The molecule has 1 saturated carbocycles. The maximum absolute atomic E-state index is 14.7. The molecule has 3 saturated heterocycles. The van der Waals surface area contributed by atoms with Crippen LogP contribution in [0.4, 0.5) is 5.69 Å². The zero-order valence-electron chi connectivity index (χ0n) is 24.5. The Balaban J connectivity index is 1.57. The first kappa shape index (κ1) is 29.5. The summed E-state index contributed by atoms with van der Waals surface area (Å²) in [5, 5.41) is 10.5. The Hall–Kier alpha value is -2.97. The number of aliphatic hydroxyl groups excluding tert-OH is 1. The van der Waals surface area contributed by atoms with Gasteiger partial charge in [0.15, 0.2) is 0 Å². The van der Waals surface area contributed by atoms with Crippen LogP contribution in [-0.2, 0) is 19.1 Å². The van der Waals surface area contributed by atoms with Crippen LogP contribution in [0.15, 0.2) is 55.6 Å². The van der Waals surface area contributed by atoms with E-state index in [2.05, 4.69) is 13.2 Å². The maximum Gasteiger partial charge on any atom is 0.248 e. The summed E-state index contributed by atoms with van der Waals surface area (Å²) in [6.45, 7) is 12.1. The van der Waals surface area contributed by atoms with Crippen molar-refractivity contribution in [3.05, 3.63) is 55.6 Å². The summed E-state index contributed by atoms with van der Waals surface area (Å²) in [7, 11) is 0. The summed E-state index contributed by atoms with van der Waals surface area (Å²) in [5.41, 5.74) is -0.374. The second-order valence-corrected chi connectivity index (χ2v) is 12.4. The minimum atomic E-state index is -1.11. The van der Waals surface area contributed by atoms with Crippen LogP contribution in [0.2, 0.25) is 0 Å². The summed E-state index contributed by atoms with van der Waals surface area (Å²) in [6, 6.07) is 8.01. The first-order valence-corrected chi connectivity index (χ1v) is 15.3. The molecule has 1 aromatic rings. The number of aliphatic hydroxyl groups is 1. The van der Waals surface area contributed by atoms with Crippen molar-refractivity contribution in [1.82, 2.24) is 9.80 Å². The van der Waals surface area contributed by atoms with Crippen LogP contribution in [0, 0.1) is 17.8 Å². The first-order valence-electron chi connectivity index (χ1n) is 15.3. The average molecular weight is 564 g/mol. The Morgan fingerprint density at radius 1 is 1.07 bits per heavy atom. The van der Waals surface area contributed by atoms with E-state index < -0.39 is 35.6 Å². The van der Waals surface area contributed by atoms with Gasteiger partial charge in [0, 0.05) is 24.8 Å². The predicted molar refractivity (Wildman–Crippen MR) is 158 cm³/mol. The Kier molecular flexibility index (Phi) is 8.71. The number of likely N-dealkylation sites (tertiary alicyclic amines) is 1. The molecule has 1 N–H and O–H groups in total. The van der Waals surface area contributed by atoms with Gasteiger partial charge < -0.3 is 24.5 Å². The predicted octanol–water partition coefficient (Wildman–Crippen LogP) is 3.94. The van der Waals surface area contributed by atoms with Crippen LogP contribution < -0.4 is 4.90 Å². The van der Waals surface area contributed by atoms with Gasteiger partial charge in [-0.25, -0.2) is 0 Å². The molecule has 3 heterocycles. The van der Waals surface area contributed by atoms with Crippen LogP contribution in [0.25, 0.3) is 0 Å². The Bertz CT molecular complexity index is 1150. The lowest BCUT2D eigenvalue weighted by Gasteiger charge is -2.43. The van der Waals surface area contributed by atoms with E-state index in [9.17, 15) is 19.5 Å². The van der Waals surface area contributed by atoms with Crippen molar-refractivity contribution in [3.63, 3.8) is 0 Å². The van der Waals surface area contributed by atoms with Crippen LogP contribution in [-0.4, -0.2) is 82.2 Å². The number of para-hydroxylation sites is 1. The molecule has 3 aliphatic heterocycles. The number of hydrogen-bond acceptors (Lipinski definition) is 5. The fourth-order valence-electron chi connectivity index (χ4n) is 7.98. The molecular formula is C33H45N3O5. The van der Waals surface area contributed by atoms with E-state index in [1.807, 2.05) is 49.1 Å². The van der Waals surface area contributed by atoms with Crippen LogP contribution in [0.3, 0.4) is 0 Å². The number of ether oxygens (including phenoxy) is 1. The Morgan fingerprint density at radius 2 is 1.76 bits per heavy atom. The van der Waals surface area contributed by atoms with Crippen molar-refractivity contribution in [1.29, 1.82) is 0 Å². The van der Waals surface area contributed by atoms with Crippen LogP contribution in [0.5, 0.6) is 0 Å². The molecular weight excluding hydrogens is 518 g/mol. The standard InChI is InChI=1S/C33H45N3O5/c1-5-19-34(23-13-9-7-10-14-23)30(38)27-26-17-18-33(41-26)28(27)31(39)36(25(21-37)22(3)4)29(33)32(40)35(20-6-2)24-15-11-8-12-16-24/h5-7,9-10,13-14,22,24-29,37H,1-2,8,11-12,15-21H2,3-4H3/t25-,26+,27-,28-,29?,33?/m0/s1. The van der Waals surface area contributed by atoms with Crippen molar-refractivity contribution < 1.29 is 24.2 Å². The smallest absolute Gasteiger partial charge is 0.248 e. The van der Waals surface area contributed by atoms with E-state index in [4.69, 9.17) is 4.74 Å². The lowest BCUT2D eigenvalue weighted by molar-refractivity contribution is -0.154. The van der Waals surface area contributed by atoms with Crippen molar-refractivity contribution >= 4 is 23.4 Å². The van der Waals surface area contributed by atoms with E-state index in [0.29, 0.717) is 25.9 Å². The third kappa shape index (κ3) is 4.93. The number of anilines is 1. The highest BCUT2D eigenvalue weighted by molar-refractivity contribution is 6.03. The van der Waals surface area contributed by atoms with Crippen molar-refractivity contribution in [3.8, 4) is 0 Å². The van der Waals surface area contributed by atoms with Gasteiger partial charge in [0.1, 0.15) is 11.6 Å². The van der Waals surface area contributed by atoms with Gasteiger partial charge in [-0.3, -0.25) is 14.4 Å². The molecule has 1 spiro atoms. The number of amides is 3. The Labute approximate surface area is 244 Å². The molecule has 222 valence electrons. The van der Waals surface area contributed by atoms with E-state index in [0.717, 1.165) is 37.8 Å². The van der Waals surface area contributed by atoms with Gasteiger partial charge in [0.25, 0.3) is 0 Å². The van der Waals surface area contributed by atoms with Gasteiger partial charge in [-0.05, 0) is 43.7 Å². The van der Waals surface area contributed by atoms with Crippen molar-refractivity contribution in [2.45, 2.75) is 88.6 Å². The van der Waals surface area contributed by atoms with Gasteiger partial charge in [-0.2, -0.15) is 0 Å². The molecule has 1 aliphatic carbocycles. The van der Waals surface area contributed by atoms with Crippen LogP contribution in [0.1, 0.15) is 58.8 Å². The lowest BCUT2D eigenvalue weighted by Crippen LogP contribution is -2.61. The van der Waals surface area contributed by atoms with E-state index >= 15 is 0 Å². The highest BCUT2D eigenvalue weighted by Crippen LogP contribution is 2.59. The monoisotopic (exact) mass is 563 g/mol. The van der Waals surface area contributed by atoms with Gasteiger partial charge in [-0.1, -0.05) is 63.5 Å². The second kappa shape index (κ2) is 12.1. The second-order valence-electron chi connectivity index (χ2n) is 12.4. The number of hydrogen-bond donors (Lipinski definition) is 1. The number of carbonyl (C=O) groups excluding carboxylic acids is 3. The molecule has 5 rings (SSSR count). The molecule has 4 fully saturated rings. The molecule has 0 aromatic heterocycles. The first-order chi connectivity index (χ1) is 19.8. The molecule has 8 nitrogen and oxygen atoms in total.